The minimum atomic E-state index is 0.702. The van der Waals surface area contributed by atoms with E-state index in [0.717, 1.165) is 29.2 Å². The average molecular weight is 269 g/mol. The van der Waals surface area contributed by atoms with Gasteiger partial charge >= 0.3 is 0 Å². The number of nitrogens with zero attached hydrogens (tertiary/aromatic N) is 5. The van der Waals surface area contributed by atoms with Crippen LogP contribution in [0, 0.1) is 20.8 Å². The molecule has 0 saturated heterocycles. The highest BCUT2D eigenvalue weighted by atomic mass is 15.3. The summed E-state index contributed by atoms with van der Waals surface area (Å²) in [7, 11) is 0. The molecule has 20 heavy (non-hydrogen) atoms. The van der Waals surface area contributed by atoms with E-state index in [1.54, 1.807) is 0 Å². The van der Waals surface area contributed by atoms with Crippen LogP contribution in [0.4, 0.5) is 0 Å². The van der Waals surface area contributed by atoms with Gasteiger partial charge in [-0.25, -0.2) is 4.98 Å². The molecule has 0 unspecified atom stereocenters. The third-order valence-electron chi connectivity index (χ3n) is 3.88. The Morgan fingerprint density at radius 2 is 1.80 bits per heavy atom. The molecule has 3 aromatic rings. The van der Waals surface area contributed by atoms with Crippen LogP contribution in [0.5, 0.6) is 0 Å². The fraction of sp³-hybridized carbons (Fsp3) is 0.400. The van der Waals surface area contributed by atoms with Gasteiger partial charge in [-0.15, -0.1) is 10.2 Å². The van der Waals surface area contributed by atoms with E-state index in [-0.39, 0.29) is 0 Å². The van der Waals surface area contributed by atoms with Gasteiger partial charge in [-0.3, -0.25) is 0 Å². The molecule has 0 radical (unpaired) electrons. The molecule has 0 bridgehead atoms. The second-order valence-electron chi connectivity index (χ2n) is 5.21. The molecule has 2 aromatic heterocycles. The summed E-state index contributed by atoms with van der Waals surface area (Å²) >= 11 is 0. The largest absolute Gasteiger partial charge is 0.323 e. The van der Waals surface area contributed by atoms with Crippen molar-refractivity contribution in [2.45, 2.75) is 40.8 Å². The van der Waals surface area contributed by atoms with Crippen LogP contribution in [0.3, 0.4) is 0 Å². The molecule has 1 aromatic carbocycles. The highest BCUT2D eigenvalue weighted by molar-refractivity contribution is 5.77. The number of hydrogen-bond donors (Lipinski definition) is 0. The van der Waals surface area contributed by atoms with E-state index < -0.39 is 0 Å². The molecule has 0 aliphatic heterocycles. The first-order chi connectivity index (χ1) is 9.60. The van der Waals surface area contributed by atoms with Crippen molar-refractivity contribution >= 4 is 11.0 Å². The van der Waals surface area contributed by atoms with E-state index in [1.165, 1.54) is 11.1 Å². The monoisotopic (exact) mass is 269 g/mol. The summed E-state index contributed by atoms with van der Waals surface area (Å²) in [5.41, 5.74) is 4.74. The molecule has 0 spiro atoms. The van der Waals surface area contributed by atoms with Gasteiger partial charge in [-0.05, 0) is 51.0 Å². The summed E-state index contributed by atoms with van der Waals surface area (Å²) in [5, 5.41) is 8.43. The number of imidazole rings is 1. The van der Waals surface area contributed by atoms with Crippen molar-refractivity contribution in [3.8, 4) is 0 Å². The van der Waals surface area contributed by atoms with Crippen LogP contribution >= 0.6 is 0 Å². The van der Waals surface area contributed by atoms with Crippen LogP contribution in [-0.4, -0.2) is 24.3 Å². The van der Waals surface area contributed by atoms with Crippen LogP contribution in [0.2, 0.25) is 0 Å². The Morgan fingerprint density at radius 1 is 1.05 bits per heavy atom. The van der Waals surface area contributed by atoms with Crippen molar-refractivity contribution in [2.75, 3.05) is 0 Å². The van der Waals surface area contributed by atoms with E-state index in [0.29, 0.717) is 6.54 Å². The molecule has 5 heteroatoms. The standard InChI is InChI=1S/C15H19N5/c1-5-20-12(4)17-18-15(20)8-19-9-16-13-6-10(2)11(3)7-14(13)19/h6-7,9H,5,8H2,1-4H3. The van der Waals surface area contributed by atoms with Gasteiger partial charge < -0.3 is 9.13 Å². The molecular weight excluding hydrogens is 250 g/mol. The fourth-order valence-electron chi connectivity index (χ4n) is 2.54. The Kier molecular flexibility index (Phi) is 3.04. The van der Waals surface area contributed by atoms with Crippen LogP contribution in [0.25, 0.3) is 11.0 Å². The topological polar surface area (TPSA) is 48.5 Å². The first-order valence-electron chi connectivity index (χ1n) is 6.91. The van der Waals surface area contributed by atoms with Gasteiger partial charge in [-0.1, -0.05) is 0 Å². The van der Waals surface area contributed by atoms with Crippen molar-refractivity contribution in [1.82, 2.24) is 24.3 Å². The number of aryl methyl sites for hydroxylation is 3. The zero-order valence-corrected chi connectivity index (χ0v) is 12.4. The van der Waals surface area contributed by atoms with Gasteiger partial charge in [0.2, 0.25) is 0 Å². The number of benzene rings is 1. The smallest absolute Gasteiger partial charge is 0.153 e. The van der Waals surface area contributed by atoms with Gasteiger partial charge in [0.25, 0.3) is 0 Å². The van der Waals surface area contributed by atoms with Crippen molar-refractivity contribution < 1.29 is 0 Å². The Bertz CT molecular complexity index is 766. The first-order valence-corrected chi connectivity index (χ1v) is 6.91. The zero-order valence-electron chi connectivity index (χ0n) is 12.4. The minimum Gasteiger partial charge on any atom is -0.323 e. The normalized spacial score (nSPS) is 11.4. The van der Waals surface area contributed by atoms with Crippen LogP contribution < -0.4 is 0 Å². The summed E-state index contributed by atoms with van der Waals surface area (Å²) in [6.07, 6.45) is 1.88. The quantitative estimate of drug-likeness (QED) is 0.734. The zero-order chi connectivity index (χ0) is 14.3. The van der Waals surface area contributed by atoms with Gasteiger partial charge in [0.05, 0.1) is 23.9 Å². The molecule has 0 N–H and O–H groups in total. The lowest BCUT2D eigenvalue weighted by molar-refractivity contribution is 0.647. The first kappa shape index (κ1) is 12.8. The second kappa shape index (κ2) is 4.74. The summed E-state index contributed by atoms with van der Waals surface area (Å²) in [6.45, 7) is 9.93. The Labute approximate surface area is 118 Å². The van der Waals surface area contributed by atoms with Gasteiger partial charge in [0.15, 0.2) is 5.82 Å². The number of aromatic nitrogens is 5. The number of hydrogen-bond acceptors (Lipinski definition) is 3. The second-order valence-corrected chi connectivity index (χ2v) is 5.21. The van der Waals surface area contributed by atoms with E-state index >= 15 is 0 Å². The Morgan fingerprint density at radius 3 is 2.55 bits per heavy atom. The number of fused-ring (bicyclic) bond motifs is 1. The molecule has 2 heterocycles. The van der Waals surface area contributed by atoms with Crippen LogP contribution in [0.15, 0.2) is 18.5 Å². The number of rotatable bonds is 3. The predicted octanol–water partition coefficient (Wildman–Crippen LogP) is 2.62. The van der Waals surface area contributed by atoms with Crippen molar-refractivity contribution in [2.24, 2.45) is 0 Å². The van der Waals surface area contributed by atoms with E-state index in [4.69, 9.17) is 0 Å². The maximum absolute atomic E-state index is 4.48. The molecule has 0 aliphatic carbocycles. The minimum absolute atomic E-state index is 0.702. The summed E-state index contributed by atoms with van der Waals surface area (Å²) in [4.78, 5) is 4.48. The van der Waals surface area contributed by atoms with Crippen LogP contribution in [-0.2, 0) is 13.1 Å². The highest BCUT2D eigenvalue weighted by Gasteiger charge is 2.10. The highest BCUT2D eigenvalue weighted by Crippen LogP contribution is 2.19. The molecule has 0 atom stereocenters. The molecular formula is C15H19N5. The molecule has 104 valence electrons. The predicted molar refractivity (Wildman–Crippen MR) is 78.7 cm³/mol. The molecule has 0 aliphatic rings. The van der Waals surface area contributed by atoms with Gasteiger partial charge in [-0.2, -0.15) is 0 Å². The summed E-state index contributed by atoms with van der Waals surface area (Å²) in [6, 6.07) is 4.33. The van der Waals surface area contributed by atoms with E-state index in [1.807, 2.05) is 13.3 Å². The molecule has 0 saturated carbocycles. The lowest BCUT2D eigenvalue weighted by atomic mass is 10.1. The third-order valence-corrected chi connectivity index (χ3v) is 3.88. The third kappa shape index (κ3) is 1.99. The molecule has 0 fully saturated rings. The summed E-state index contributed by atoms with van der Waals surface area (Å²) in [5.74, 6) is 1.93. The molecule has 5 nitrogen and oxygen atoms in total. The Hall–Kier alpha value is -2.17. The average Bonchev–Trinajstić information content (AvgIpc) is 2.96. The van der Waals surface area contributed by atoms with Gasteiger partial charge in [0, 0.05) is 6.54 Å². The van der Waals surface area contributed by atoms with Crippen molar-refractivity contribution in [1.29, 1.82) is 0 Å². The maximum atomic E-state index is 4.48. The van der Waals surface area contributed by atoms with E-state index in [2.05, 4.69) is 57.2 Å². The van der Waals surface area contributed by atoms with Crippen molar-refractivity contribution in [3.05, 3.63) is 41.2 Å². The lowest BCUT2D eigenvalue weighted by Crippen LogP contribution is -2.08. The Balaban J connectivity index is 2.04. The van der Waals surface area contributed by atoms with Crippen molar-refractivity contribution in [3.63, 3.8) is 0 Å². The summed E-state index contributed by atoms with van der Waals surface area (Å²) < 4.78 is 4.27. The molecule has 3 rings (SSSR count). The molecule has 0 amide bonds. The fourth-order valence-corrected chi connectivity index (χ4v) is 2.54. The SMILES string of the molecule is CCn1c(C)nnc1Cn1cnc2cc(C)c(C)cc21. The van der Waals surface area contributed by atoms with Gasteiger partial charge in [0.1, 0.15) is 5.82 Å². The van der Waals surface area contributed by atoms with E-state index in [9.17, 15) is 0 Å². The lowest BCUT2D eigenvalue weighted by Gasteiger charge is -2.07. The van der Waals surface area contributed by atoms with Crippen LogP contribution in [0.1, 0.15) is 29.7 Å². The maximum Gasteiger partial charge on any atom is 0.153 e.